The van der Waals surface area contributed by atoms with E-state index in [-0.39, 0.29) is 12.6 Å². The third kappa shape index (κ3) is 4.25. The van der Waals surface area contributed by atoms with Gasteiger partial charge in [-0.25, -0.2) is 0 Å². The van der Waals surface area contributed by atoms with Gasteiger partial charge in [-0.1, -0.05) is 16.8 Å². The number of aliphatic hydroxyl groups excluding tert-OH is 1. The zero-order valence-corrected chi connectivity index (χ0v) is 13.9. The van der Waals surface area contributed by atoms with Gasteiger partial charge in [-0.05, 0) is 50.6 Å². The van der Waals surface area contributed by atoms with Gasteiger partial charge in [-0.3, -0.25) is 4.90 Å². The molecular formula is C17H21ClN2O3. The van der Waals surface area contributed by atoms with E-state index in [0.717, 1.165) is 30.8 Å². The van der Waals surface area contributed by atoms with E-state index in [9.17, 15) is 5.11 Å². The zero-order chi connectivity index (χ0) is 16.2. The van der Waals surface area contributed by atoms with Crippen LogP contribution in [0.1, 0.15) is 30.3 Å². The summed E-state index contributed by atoms with van der Waals surface area (Å²) in [6, 6.07) is 9.30. The van der Waals surface area contributed by atoms with E-state index in [0.29, 0.717) is 17.3 Å². The van der Waals surface area contributed by atoms with Crippen LogP contribution in [0, 0.1) is 6.92 Å². The predicted molar refractivity (Wildman–Crippen MR) is 87.7 cm³/mol. The highest BCUT2D eigenvalue weighted by molar-refractivity contribution is 6.30. The second-order valence-corrected chi connectivity index (χ2v) is 6.38. The topological polar surface area (TPSA) is 58.7 Å². The molecule has 2 atom stereocenters. The normalized spacial score (nSPS) is 19.9. The maximum Gasteiger partial charge on any atom is 0.154 e. The minimum atomic E-state index is -0.560. The van der Waals surface area contributed by atoms with E-state index >= 15 is 0 Å². The molecule has 23 heavy (non-hydrogen) atoms. The first-order valence-electron chi connectivity index (χ1n) is 7.85. The fourth-order valence-corrected chi connectivity index (χ4v) is 3.08. The summed E-state index contributed by atoms with van der Waals surface area (Å²) in [5.74, 6) is 1.59. The summed E-state index contributed by atoms with van der Waals surface area (Å²) in [5, 5.41) is 14.9. The first-order valence-corrected chi connectivity index (χ1v) is 8.23. The molecule has 1 saturated heterocycles. The highest BCUT2D eigenvalue weighted by atomic mass is 35.5. The Morgan fingerprint density at radius 3 is 2.91 bits per heavy atom. The Kier molecular flexibility index (Phi) is 5.20. The lowest BCUT2D eigenvalue weighted by atomic mass is 10.1. The molecule has 124 valence electrons. The minimum absolute atomic E-state index is 0.196. The summed E-state index contributed by atoms with van der Waals surface area (Å²) >= 11 is 5.84. The number of hydrogen-bond donors (Lipinski definition) is 1. The van der Waals surface area contributed by atoms with Crippen molar-refractivity contribution >= 4 is 11.6 Å². The molecule has 1 N–H and O–H groups in total. The number of β-amino-alcohol motifs (C(OH)–C–C–N with tert-alkyl or cyclic N) is 1. The third-order valence-corrected chi connectivity index (χ3v) is 4.29. The first kappa shape index (κ1) is 16.3. The molecule has 0 radical (unpaired) electrons. The largest absolute Gasteiger partial charge is 0.491 e. The summed E-state index contributed by atoms with van der Waals surface area (Å²) in [4.78, 5) is 2.23. The van der Waals surface area contributed by atoms with Crippen molar-refractivity contribution in [1.82, 2.24) is 10.1 Å². The Labute approximate surface area is 140 Å². The number of aliphatic hydroxyl groups is 1. The fourth-order valence-electron chi connectivity index (χ4n) is 2.95. The lowest BCUT2D eigenvalue weighted by Crippen LogP contribution is -2.35. The minimum Gasteiger partial charge on any atom is -0.491 e. The lowest BCUT2D eigenvalue weighted by Gasteiger charge is -2.25. The number of ether oxygens (including phenoxy) is 1. The fraction of sp³-hybridized carbons (Fsp3) is 0.471. The summed E-state index contributed by atoms with van der Waals surface area (Å²) in [5.41, 5.74) is 0.887. The van der Waals surface area contributed by atoms with Gasteiger partial charge < -0.3 is 14.4 Å². The van der Waals surface area contributed by atoms with Crippen LogP contribution in [0.2, 0.25) is 5.02 Å². The van der Waals surface area contributed by atoms with Crippen molar-refractivity contribution in [3.63, 3.8) is 0 Å². The Morgan fingerprint density at radius 2 is 2.22 bits per heavy atom. The van der Waals surface area contributed by atoms with Gasteiger partial charge in [-0.15, -0.1) is 0 Å². The quantitative estimate of drug-likeness (QED) is 0.877. The first-order chi connectivity index (χ1) is 11.1. The van der Waals surface area contributed by atoms with Crippen molar-refractivity contribution in [3.8, 4) is 5.75 Å². The SMILES string of the molecule is Cc1cc([C@H]2CCCN2C[C@H](O)COc2ccc(Cl)cc2)on1. The van der Waals surface area contributed by atoms with Gasteiger partial charge in [-0.2, -0.15) is 0 Å². The average Bonchev–Trinajstić information content (AvgIpc) is 3.15. The lowest BCUT2D eigenvalue weighted by molar-refractivity contribution is 0.0598. The molecule has 2 aromatic rings. The van der Waals surface area contributed by atoms with Crippen molar-refractivity contribution < 1.29 is 14.4 Å². The van der Waals surface area contributed by atoms with Crippen molar-refractivity contribution in [2.45, 2.75) is 31.9 Å². The molecular weight excluding hydrogens is 316 g/mol. The molecule has 6 heteroatoms. The molecule has 5 nitrogen and oxygen atoms in total. The second-order valence-electron chi connectivity index (χ2n) is 5.94. The maximum atomic E-state index is 10.3. The van der Waals surface area contributed by atoms with Crippen LogP contribution in [0.15, 0.2) is 34.9 Å². The molecule has 2 heterocycles. The van der Waals surface area contributed by atoms with Gasteiger partial charge in [0.25, 0.3) is 0 Å². The van der Waals surface area contributed by atoms with Crippen LogP contribution in [0.25, 0.3) is 0 Å². The van der Waals surface area contributed by atoms with Gasteiger partial charge in [0.1, 0.15) is 18.5 Å². The van der Waals surface area contributed by atoms with Crippen LogP contribution in [0.3, 0.4) is 0 Å². The van der Waals surface area contributed by atoms with Gasteiger partial charge in [0.05, 0.1) is 11.7 Å². The van der Waals surface area contributed by atoms with E-state index in [1.807, 2.05) is 13.0 Å². The number of benzene rings is 1. The number of likely N-dealkylation sites (tertiary alicyclic amines) is 1. The maximum absolute atomic E-state index is 10.3. The van der Waals surface area contributed by atoms with E-state index in [1.165, 1.54) is 0 Å². The van der Waals surface area contributed by atoms with E-state index in [1.54, 1.807) is 24.3 Å². The summed E-state index contributed by atoms with van der Waals surface area (Å²) < 4.78 is 11.0. The van der Waals surface area contributed by atoms with Gasteiger partial charge in [0.2, 0.25) is 0 Å². The predicted octanol–water partition coefficient (Wildman–Crippen LogP) is 3.21. The smallest absolute Gasteiger partial charge is 0.154 e. The van der Waals surface area contributed by atoms with E-state index in [4.69, 9.17) is 20.9 Å². The standard InChI is InChI=1S/C17H21ClN2O3/c1-12-9-17(23-19-12)16-3-2-8-20(16)10-14(21)11-22-15-6-4-13(18)5-7-15/h4-7,9,14,16,21H,2-3,8,10-11H2,1H3/t14-,16+/m0/s1. The highest BCUT2D eigenvalue weighted by Gasteiger charge is 2.30. The number of halogens is 1. The monoisotopic (exact) mass is 336 g/mol. The zero-order valence-electron chi connectivity index (χ0n) is 13.1. The number of hydrogen-bond acceptors (Lipinski definition) is 5. The van der Waals surface area contributed by atoms with E-state index in [2.05, 4.69) is 10.1 Å². The second kappa shape index (κ2) is 7.34. The molecule has 0 saturated carbocycles. The Hall–Kier alpha value is -1.56. The average molecular weight is 337 g/mol. The van der Waals surface area contributed by atoms with Crippen LogP contribution in [-0.4, -0.2) is 41.0 Å². The van der Waals surface area contributed by atoms with Gasteiger partial charge in [0.15, 0.2) is 5.76 Å². The molecule has 1 aliphatic heterocycles. The molecule has 0 spiro atoms. The summed E-state index contributed by atoms with van der Waals surface area (Å²) in [7, 11) is 0. The van der Waals surface area contributed by atoms with Crippen LogP contribution in [-0.2, 0) is 0 Å². The molecule has 1 aliphatic rings. The third-order valence-electron chi connectivity index (χ3n) is 4.04. The number of aryl methyl sites for hydroxylation is 1. The Balaban J connectivity index is 1.52. The molecule has 0 amide bonds. The van der Waals surface area contributed by atoms with Gasteiger partial charge >= 0.3 is 0 Å². The van der Waals surface area contributed by atoms with Crippen molar-refractivity contribution in [2.75, 3.05) is 19.7 Å². The summed E-state index contributed by atoms with van der Waals surface area (Å²) in [6.45, 7) is 3.67. The molecule has 0 bridgehead atoms. The number of nitrogens with zero attached hydrogens (tertiary/aromatic N) is 2. The van der Waals surface area contributed by atoms with Crippen molar-refractivity contribution in [2.24, 2.45) is 0 Å². The van der Waals surface area contributed by atoms with Crippen LogP contribution >= 0.6 is 11.6 Å². The molecule has 3 rings (SSSR count). The number of rotatable bonds is 6. The van der Waals surface area contributed by atoms with Crippen LogP contribution < -0.4 is 4.74 Å². The molecule has 0 unspecified atom stereocenters. The Morgan fingerprint density at radius 1 is 1.43 bits per heavy atom. The van der Waals surface area contributed by atoms with E-state index < -0.39 is 6.10 Å². The molecule has 1 aromatic carbocycles. The van der Waals surface area contributed by atoms with Gasteiger partial charge in [0, 0.05) is 17.6 Å². The summed E-state index contributed by atoms with van der Waals surface area (Å²) in [6.07, 6.45) is 1.56. The van der Waals surface area contributed by atoms with Crippen molar-refractivity contribution in [1.29, 1.82) is 0 Å². The molecule has 0 aliphatic carbocycles. The van der Waals surface area contributed by atoms with Crippen LogP contribution in [0.4, 0.5) is 0 Å². The van der Waals surface area contributed by atoms with Crippen molar-refractivity contribution in [3.05, 3.63) is 46.8 Å². The Bertz CT molecular complexity index is 629. The molecule has 1 fully saturated rings. The highest BCUT2D eigenvalue weighted by Crippen LogP contribution is 2.32. The number of aromatic nitrogens is 1. The van der Waals surface area contributed by atoms with Crippen LogP contribution in [0.5, 0.6) is 5.75 Å². The molecule has 1 aromatic heterocycles.